The Morgan fingerprint density at radius 1 is 1.06 bits per heavy atom. The van der Waals surface area contributed by atoms with Crippen molar-refractivity contribution >= 4 is 40.9 Å². The van der Waals surface area contributed by atoms with Gasteiger partial charge >= 0.3 is 0 Å². The Morgan fingerprint density at radius 3 is 2.41 bits per heavy atom. The number of amides is 2. The number of aromatic nitrogens is 1. The fourth-order valence-corrected chi connectivity index (χ4v) is 4.15. The van der Waals surface area contributed by atoms with E-state index in [1.54, 1.807) is 22.8 Å². The number of carbonyl (C=O) groups is 2. The summed E-state index contributed by atoms with van der Waals surface area (Å²) in [5, 5.41) is 2.64. The van der Waals surface area contributed by atoms with Crippen molar-refractivity contribution in [2.45, 2.75) is 27.2 Å². The van der Waals surface area contributed by atoms with Crippen LogP contribution in [0.5, 0.6) is 0 Å². The second-order valence-corrected chi connectivity index (χ2v) is 7.98. The molecule has 7 heteroatoms. The molecule has 0 bridgehead atoms. The van der Waals surface area contributed by atoms with E-state index in [0.717, 1.165) is 17.7 Å². The number of hydrogen-bond donors (Lipinski definition) is 1. The predicted octanol–water partition coefficient (Wildman–Crippen LogP) is 4.63. The summed E-state index contributed by atoms with van der Waals surface area (Å²) in [7, 11) is 0. The lowest BCUT2D eigenvalue weighted by atomic mass is 10.1. The Kier molecular flexibility index (Phi) is 5.76. The van der Waals surface area contributed by atoms with Crippen molar-refractivity contribution in [1.82, 2.24) is 9.88 Å². The number of benzene rings is 2. The van der Waals surface area contributed by atoms with E-state index < -0.39 is 11.8 Å². The minimum absolute atomic E-state index is 0.0352. The van der Waals surface area contributed by atoms with E-state index in [1.807, 2.05) is 51.1 Å². The number of thiocarbonyl (C=S) groups is 1. The third-order valence-electron chi connectivity index (χ3n) is 5.57. The van der Waals surface area contributed by atoms with E-state index in [4.69, 9.17) is 12.2 Å². The zero-order chi connectivity index (χ0) is 23.0. The molecule has 1 aromatic heterocycles. The number of anilines is 1. The van der Waals surface area contributed by atoms with Crippen LogP contribution in [0.25, 0.3) is 11.8 Å². The molecule has 1 N–H and O–H groups in total. The van der Waals surface area contributed by atoms with Crippen LogP contribution in [0.4, 0.5) is 10.1 Å². The molecule has 0 saturated carbocycles. The summed E-state index contributed by atoms with van der Waals surface area (Å²) in [5.74, 6) is -1.41. The van der Waals surface area contributed by atoms with Gasteiger partial charge in [0.05, 0.1) is 11.4 Å². The van der Waals surface area contributed by atoms with Crippen molar-refractivity contribution in [3.63, 3.8) is 0 Å². The first kappa shape index (κ1) is 21.6. The molecular weight excluding hydrogens is 425 g/mol. The molecule has 2 amide bonds. The van der Waals surface area contributed by atoms with Gasteiger partial charge in [0.1, 0.15) is 11.4 Å². The number of aryl methyl sites for hydroxylation is 2. The van der Waals surface area contributed by atoms with Gasteiger partial charge in [-0.15, -0.1) is 0 Å². The molecule has 1 aliphatic rings. The van der Waals surface area contributed by atoms with Gasteiger partial charge in [0, 0.05) is 11.4 Å². The third-order valence-corrected chi connectivity index (χ3v) is 5.85. The predicted molar refractivity (Wildman–Crippen MR) is 127 cm³/mol. The van der Waals surface area contributed by atoms with Crippen LogP contribution in [-0.2, 0) is 16.0 Å². The summed E-state index contributed by atoms with van der Waals surface area (Å²) in [6.07, 6.45) is 2.41. The van der Waals surface area contributed by atoms with Crippen LogP contribution in [0, 0.1) is 19.7 Å². The Labute approximate surface area is 191 Å². The first-order chi connectivity index (χ1) is 15.3. The standard InChI is InChI=1S/C25H22FN3O2S/c1-4-17-9-11-19(12-10-17)29-24(31)20(23(30)27-25(29)32)14-18-13-15(2)28(16(18)3)22-8-6-5-7-21(22)26/h5-14H,4H2,1-3H3,(H,27,30,32)/b20-14+. The quantitative estimate of drug-likeness (QED) is 0.361. The lowest BCUT2D eigenvalue weighted by Gasteiger charge is -2.29. The fourth-order valence-electron chi connectivity index (χ4n) is 3.87. The zero-order valence-electron chi connectivity index (χ0n) is 18.0. The highest BCUT2D eigenvalue weighted by Gasteiger charge is 2.34. The zero-order valence-corrected chi connectivity index (χ0v) is 18.8. The average molecular weight is 448 g/mol. The molecule has 162 valence electrons. The molecule has 5 nitrogen and oxygen atoms in total. The van der Waals surface area contributed by atoms with Crippen molar-refractivity contribution in [3.05, 3.63) is 88.5 Å². The molecule has 1 fully saturated rings. The van der Waals surface area contributed by atoms with Gasteiger partial charge in [-0.3, -0.25) is 19.8 Å². The number of nitrogens with one attached hydrogen (secondary N) is 1. The Bertz CT molecular complexity index is 1270. The van der Waals surface area contributed by atoms with Gasteiger partial charge in [0.15, 0.2) is 5.11 Å². The van der Waals surface area contributed by atoms with Crippen molar-refractivity contribution in [1.29, 1.82) is 0 Å². The first-order valence-electron chi connectivity index (χ1n) is 10.3. The molecule has 2 heterocycles. The van der Waals surface area contributed by atoms with Crippen molar-refractivity contribution in [2.24, 2.45) is 0 Å². The molecule has 4 rings (SSSR count). The van der Waals surface area contributed by atoms with Crippen LogP contribution >= 0.6 is 12.2 Å². The summed E-state index contributed by atoms with van der Waals surface area (Å²) < 4.78 is 16.2. The van der Waals surface area contributed by atoms with Gasteiger partial charge in [-0.1, -0.05) is 31.2 Å². The van der Waals surface area contributed by atoms with Crippen LogP contribution in [0.2, 0.25) is 0 Å². The molecule has 3 aromatic rings. The lowest BCUT2D eigenvalue weighted by molar-refractivity contribution is -0.122. The number of nitrogens with zero attached hydrogens (tertiary/aromatic N) is 2. The molecule has 1 aliphatic heterocycles. The fraction of sp³-hybridized carbons (Fsp3) is 0.160. The van der Waals surface area contributed by atoms with Gasteiger partial charge in [0.2, 0.25) is 0 Å². The van der Waals surface area contributed by atoms with Crippen LogP contribution in [0.3, 0.4) is 0 Å². The van der Waals surface area contributed by atoms with E-state index in [0.29, 0.717) is 22.6 Å². The van der Waals surface area contributed by atoms with Gasteiger partial charge in [-0.05, 0) is 80.0 Å². The van der Waals surface area contributed by atoms with E-state index in [1.165, 1.54) is 17.0 Å². The number of carbonyl (C=O) groups excluding carboxylic acids is 2. The normalized spacial score (nSPS) is 15.4. The third kappa shape index (κ3) is 3.76. The number of rotatable bonds is 4. The molecular formula is C25H22FN3O2S. The summed E-state index contributed by atoms with van der Waals surface area (Å²) in [6, 6.07) is 15.8. The molecule has 0 radical (unpaired) electrons. The molecule has 2 aromatic carbocycles. The van der Waals surface area contributed by atoms with Crippen LogP contribution in [-0.4, -0.2) is 21.5 Å². The molecule has 0 spiro atoms. The topological polar surface area (TPSA) is 54.3 Å². The van der Waals surface area contributed by atoms with E-state index in [9.17, 15) is 14.0 Å². The van der Waals surface area contributed by atoms with Gasteiger partial charge in [0.25, 0.3) is 11.8 Å². The van der Waals surface area contributed by atoms with Crippen LogP contribution in [0.1, 0.15) is 29.4 Å². The molecule has 0 atom stereocenters. The van der Waals surface area contributed by atoms with E-state index >= 15 is 0 Å². The minimum Gasteiger partial charge on any atom is -0.315 e. The summed E-state index contributed by atoms with van der Waals surface area (Å²) in [4.78, 5) is 27.2. The maximum atomic E-state index is 14.4. The van der Waals surface area contributed by atoms with Crippen molar-refractivity contribution < 1.29 is 14.0 Å². The lowest BCUT2D eigenvalue weighted by Crippen LogP contribution is -2.54. The number of para-hydroxylation sites is 1. The van der Waals surface area contributed by atoms with Gasteiger partial charge in [-0.25, -0.2) is 4.39 Å². The van der Waals surface area contributed by atoms with E-state index in [-0.39, 0.29) is 16.5 Å². The average Bonchev–Trinajstić information content (AvgIpc) is 3.04. The SMILES string of the molecule is CCc1ccc(N2C(=O)/C(=C/c3cc(C)n(-c4ccccc4F)c3C)C(=O)NC2=S)cc1. The maximum Gasteiger partial charge on any atom is 0.270 e. The van der Waals surface area contributed by atoms with Gasteiger partial charge in [-0.2, -0.15) is 0 Å². The Morgan fingerprint density at radius 2 is 1.75 bits per heavy atom. The Hall–Kier alpha value is -3.58. The minimum atomic E-state index is -0.558. The second-order valence-electron chi connectivity index (χ2n) is 7.59. The highest BCUT2D eigenvalue weighted by molar-refractivity contribution is 7.80. The highest BCUT2D eigenvalue weighted by atomic mass is 32.1. The maximum absolute atomic E-state index is 14.4. The molecule has 1 saturated heterocycles. The highest BCUT2D eigenvalue weighted by Crippen LogP contribution is 2.27. The van der Waals surface area contributed by atoms with Crippen LogP contribution in [0.15, 0.2) is 60.2 Å². The van der Waals surface area contributed by atoms with Gasteiger partial charge < -0.3 is 4.57 Å². The first-order valence-corrected chi connectivity index (χ1v) is 10.7. The molecule has 32 heavy (non-hydrogen) atoms. The second kappa shape index (κ2) is 8.51. The molecule has 0 unspecified atom stereocenters. The van der Waals surface area contributed by atoms with Crippen molar-refractivity contribution in [3.8, 4) is 5.69 Å². The van der Waals surface area contributed by atoms with Crippen LogP contribution < -0.4 is 10.2 Å². The number of halogens is 1. The smallest absolute Gasteiger partial charge is 0.270 e. The summed E-state index contributed by atoms with van der Waals surface area (Å²) >= 11 is 5.27. The largest absolute Gasteiger partial charge is 0.315 e. The molecule has 0 aliphatic carbocycles. The summed E-state index contributed by atoms with van der Waals surface area (Å²) in [5.41, 5.74) is 4.23. The number of hydrogen-bond acceptors (Lipinski definition) is 3. The Balaban J connectivity index is 1.75. The summed E-state index contributed by atoms with van der Waals surface area (Å²) in [6.45, 7) is 5.72. The van der Waals surface area contributed by atoms with Crippen molar-refractivity contribution in [2.75, 3.05) is 4.90 Å². The van der Waals surface area contributed by atoms with E-state index in [2.05, 4.69) is 5.32 Å². The monoisotopic (exact) mass is 447 g/mol.